The third kappa shape index (κ3) is 1.61. The minimum Gasteiger partial charge on any atom is -0.326 e. The van der Waals surface area contributed by atoms with Crippen molar-refractivity contribution in [2.24, 2.45) is 0 Å². The molecule has 1 heterocycles. The highest BCUT2D eigenvalue weighted by Crippen LogP contribution is 2.22. The van der Waals surface area contributed by atoms with E-state index >= 15 is 0 Å². The highest BCUT2D eigenvalue weighted by atomic mass is 19.3. The molecule has 0 spiro atoms. The molecule has 0 aliphatic carbocycles. The second kappa shape index (κ2) is 3.42. The van der Waals surface area contributed by atoms with E-state index in [4.69, 9.17) is 0 Å². The van der Waals surface area contributed by atoms with Gasteiger partial charge in [-0.15, -0.1) is 0 Å². The SMILES string of the molecule is O=Cc1c[nH]c(=O)c(F)c1C(F)F. The molecule has 6 heteroatoms. The largest absolute Gasteiger partial charge is 0.326 e. The van der Waals surface area contributed by atoms with E-state index in [0.717, 1.165) is 6.20 Å². The molecule has 1 aromatic rings. The van der Waals surface area contributed by atoms with Crippen molar-refractivity contribution in [3.05, 3.63) is 33.5 Å². The molecule has 0 aliphatic heterocycles. The zero-order chi connectivity index (χ0) is 10.0. The summed E-state index contributed by atoms with van der Waals surface area (Å²) in [6, 6.07) is 0. The van der Waals surface area contributed by atoms with Gasteiger partial charge in [-0.05, 0) is 0 Å². The van der Waals surface area contributed by atoms with Crippen LogP contribution in [0.1, 0.15) is 22.3 Å². The molecule has 70 valence electrons. The molecule has 0 bridgehead atoms. The van der Waals surface area contributed by atoms with Crippen LogP contribution in [0.25, 0.3) is 0 Å². The third-order valence-corrected chi connectivity index (χ3v) is 1.45. The van der Waals surface area contributed by atoms with Gasteiger partial charge in [0.15, 0.2) is 12.1 Å². The van der Waals surface area contributed by atoms with Crippen molar-refractivity contribution in [2.45, 2.75) is 6.43 Å². The molecule has 0 radical (unpaired) electrons. The zero-order valence-corrected chi connectivity index (χ0v) is 6.18. The molecule has 0 saturated heterocycles. The Balaban J connectivity index is 3.50. The number of rotatable bonds is 2. The van der Waals surface area contributed by atoms with E-state index in [2.05, 4.69) is 0 Å². The van der Waals surface area contributed by atoms with Crippen LogP contribution in [0, 0.1) is 5.82 Å². The molecule has 0 amide bonds. The molecule has 0 aromatic carbocycles. The van der Waals surface area contributed by atoms with Gasteiger partial charge in [0.25, 0.3) is 12.0 Å². The Hall–Kier alpha value is -1.59. The van der Waals surface area contributed by atoms with Crippen LogP contribution in [0.5, 0.6) is 0 Å². The Morgan fingerprint density at radius 3 is 2.54 bits per heavy atom. The van der Waals surface area contributed by atoms with Crippen LogP contribution >= 0.6 is 0 Å². The van der Waals surface area contributed by atoms with Gasteiger partial charge in [0.05, 0.1) is 5.56 Å². The number of aromatic nitrogens is 1. The van der Waals surface area contributed by atoms with Crippen molar-refractivity contribution in [3.63, 3.8) is 0 Å². The summed E-state index contributed by atoms with van der Waals surface area (Å²) in [5.41, 5.74) is -2.97. The second-order valence-electron chi connectivity index (χ2n) is 2.22. The number of H-pyrrole nitrogens is 1. The lowest BCUT2D eigenvalue weighted by Crippen LogP contribution is -2.15. The quantitative estimate of drug-likeness (QED) is 0.715. The number of hydrogen-bond donors (Lipinski definition) is 1. The maximum Gasteiger partial charge on any atom is 0.284 e. The average molecular weight is 191 g/mol. The van der Waals surface area contributed by atoms with E-state index in [1.54, 1.807) is 0 Å². The summed E-state index contributed by atoms with van der Waals surface area (Å²) in [4.78, 5) is 22.5. The first-order chi connectivity index (χ1) is 6.07. The maximum absolute atomic E-state index is 12.7. The molecule has 0 fully saturated rings. The zero-order valence-electron chi connectivity index (χ0n) is 6.18. The van der Waals surface area contributed by atoms with E-state index in [1.165, 1.54) is 0 Å². The van der Waals surface area contributed by atoms with Gasteiger partial charge in [-0.25, -0.2) is 13.2 Å². The third-order valence-electron chi connectivity index (χ3n) is 1.45. The number of halogens is 3. The molecule has 1 aromatic heterocycles. The second-order valence-corrected chi connectivity index (χ2v) is 2.22. The number of carbonyl (C=O) groups excluding carboxylic acids is 1. The molecular weight excluding hydrogens is 187 g/mol. The first-order valence-corrected chi connectivity index (χ1v) is 3.22. The van der Waals surface area contributed by atoms with Gasteiger partial charge < -0.3 is 4.98 Å². The molecule has 13 heavy (non-hydrogen) atoms. The highest BCUT2D eigenvalue weighted by molar-refractivity contribution is 5.76. The fourth-order valence-electron chi connectivity index (χ4n) is 0.853. The van der Waals surface area contributed by atoms with Gasteiger partial charge in [-0.1, -0.05) is 0 Å². The molecule has 0 saturated carbocycles. The first kappa shape index (κ1) is 9.50. The van der Waals surface area contributed by atoms with E-state index in [9.17, 15) is 22.8 Å². The standard InChI is InChI=1S/C7H4F3NO2/c8-5-4(6(9)10)3(2-12)1-11-7(5)13/h1-2,6H,(H,11,13). The van der Waals surface area contributed by atoms with Crippen molar-refractivity contribution in [2.75, 3.05) is 0 Å². The number of pyridine rings is 1. The topological polar surface area (TPSA) is 49.9 Å². The van der Waals surface area contributed by atoms with Crippen LogP contribution in [0.3, 0.4) is 0 Å². The van der Waals surface area contributed by atoms with Crippen LogP contribution in [-0.4, -0.2) is 11.3 Å². The predicted octanol–water partition coefficient (Wildman–Crippen LogP) is 1.26. The van der Waals surface area contributed by atoms with Crippen LogP contribution in [0.15, 0.2) is 11.0 Å². The van der Waals surface area contributed by atoms with Crippen LogP contribution in [-0.2, 0) is 0 Å². The van der Waals surface area contributed by atoms with Crippen LogP contribution in [0.2, 0.25) is 0 Å². The van der Waals surface area contributed by atoms with E-state index in [0.29, 0.717) is 0 Å². The molecular formula is C7H4F3NO2. The number of aldehydes is 1. The molecule has 0 unspecified atom stereocenters. The Kier molecular flexibility index (Phi) is 2.50. The summed E-state index contributed by atoms with van der Waals surface area (Å²) in [7, 11) is 0. The number of carbonyl (C=O) groups is 1. The fourth-order valence-corrected chi connectivity index (χ4v) is 0.853. The lowest BCUT2D eigenvalue weighted by molar-refractivity contribution is 0.110. The number of aromatic amines is 1. The maximum atomic E-state index is 12.7. The Labute approximate surface area is 70.2 Å². The number of hydrogen-bond acceptors (Lipinski definition) is 2. The lowest BCUT2D eigenvalue weighted by Gasteiger charge is -2.02. The summed E-state index contributed by atoms with van der Waals surface area (Å²) in [6.45, 7) is 0. The lowest BCUT2D eigenvalue weighted by atomic mass is 10.1. The summed E-state index contributed by atoms with van der Waals surface area (Å²) in [5, 5.41) is 0. The Morgan fingerprint density at radius 1 is 1.46 bits per heavy atom. The Morgan fingerprint density at radius 2 is 2.08 bits per heavy atom. The van der Waals surface area contributed by atoms with Crippen LogP contribution in [0.4, 0.5) is 13.2 Å². The smallest absolute Gasteiger partial charge is 0.284 e. The van der Waals surface area contributed by atoms with Gasteiger partial charge in [0, 0.05) is 11.8 Å². The average Bonchev–Trinajstić information content (AvgIpc) is 2.08. The molecule has 1 N–H and O–H groups in total. The van der Waals surface area contributed by atoms with Gasteiger partial charge in [-0.2, -0.15) is 0 Å². The van der Waals surface area contributed by atoms with E-state index in [1.807, 2.05) is 4.98 Å². The number of alkyl halides is 2. The van der Waals surface area contributed by atoms with Crippen molar-refractivity contribution in [1.82, 2.24) is 4.98 Å². The van der Waals surface area contributed by atoms with Crippen molar-refractivity contribution in [3.8, 4) is 0 Å². The molecule has 1 rings (SSSR count). The van der Waals surface area contributed by atoms with Gasteiger partial charge in [0.2, 0.25) is 0 Å². The monoisotopic (exact) mass is 191 g/mol. The summed E-state index contributed by atoms with van der Waals surface area (Å²) < 4.78 is 36.9. The molecule has 3 nitrogen and oxygen atoms in total. The summed E-state index contributed by atoms with van der Waals surface area (Å²) in [5.74, 6) is -1.61. The minimum atomic E-state index is -3.18. The summed E-state index contributed by atoms with van der Waals surface area (Å²) >= 11 is 0. The molecule has 0 aliphatic rings. The fraction of sp³-hybridized carbons (Fsp3) is 0.143. The first-order valence-electron chi connectivity index (χ1n) is 3.22. The van der Waals surface area contributed by atoms with Crippen LogP contribution < -0.4 is 5.56 Å². The van der Waals surface area contributed by atoms with Crippen molar-refractivity contribution < 1.29 is 18.0 Å². The Bertz CT molecular complexity index is 386. The van der Waals surface area contributed by atoms with Gasteiger partial charge in [-0.3, -0.25) is 9.59 Å². The van der Waals surface area contributed by atoms with Gasteiger partial charge in [0.1, 0.15) is 0 Å². The molecule has 0 atom stereocenters. The number of nitrogens with one attached hydrogen (secondary N) is 1. The van der Waals surface area contributed by atoms with E-state index < -0.39 is 28.9 Å². The van der Waals surface area contributed by atoms with Gasteiger partial charge >= 0.3 is 0 Å². The predicted molar refractivity (Wildman–Crippen MR) is 37.4 cm³/mol. The van der Waals surface area contributed by atoms with E-state index in [-0.39, 0.29) is 6.29 Å². The summed E-state index contributed by atoms with van der Waals surface area (Å²) in [6.07, 6.45) is -2.37. The normalized spacial score (nSPS) is 10.5. The van der Waals surface area contributed by atoms with Crippen molar-refractivity contribution in [1.29, 1.82) is 0 Å². The van der Waals surface area contributed by atoms with Crippen molar-refractivity contribution >= 4 is 6.29 Å². The minimum absolute atomic E-state index is 0.0561. The highest BCUT2D eigenvalue weighted by Gasteiger charge is 2.20.